The summed E-state index contributed by atoms with van der Waals surface area (Å²) in [6, 6.07) is 11.9. The van der Waals surface area contributed by atoms with E-state index in [2.05, 4.69) is 0 Å². The van der Waals surface area contributed by atoms with Crippen molar-refractivity contribution in [3.8, 4) is 0 Å². The summed E-state index contributed by atoms with van der Waals surface area (Å²) in [4.78, 5) is 53.5. The van der Waals surface area contributed by atoms with Gasteiger partial charge in [-0.25, -0.2) is 18.1 Å². The molecule has 0 aromatic heterocycles. The Morgan fingerprint density at radius 1 is 1.09 bits per heavy atom. The van der Waals surface area contributed by atoms with Crippen molar-refractivity contribution in [2.45, 2.75) is 32.4 Å². The van der Waals surface area contributed by atoms with E-state index in [0.29, 0.717) is 6.42 Å². The molecule has 2 aromatic rings. The van der Waals surface area contributed by atoms with E-state index in [1.54, 1.807) is 31.2 Å². The molecule has 0 spiro atoms. The number of hydrogen-bond acceptors (Lipinski definition) is 7. The van der Waals surface area contributed by atoms with Crippen molar-refractivity contribution >= 4 is 39.2 Å². The number of rotatable bonds is 6. The molecule has 0 radical (unpaired) electrons. The minimum Gasteiger partial charge on any atom is -0.449 e. The molecule has 9 nitrogen and oxygen atoms in total. The Hall–Kier alpha value is -3.53. The van der Waals surface area contributed by atoms with Crippen LogP contribution in [0.15, 0.2) is 48.5 Å². The van der Waals surface area contributed by atoms with Crippen LogP contribution in [0.4, 0.5) is 5.69 Å². The van der Waals surface area contributed by atoms with Crippen LogP contribution in [0.1, 0.15) is 51.3 Å². The second-order valence-corrected chi connectivity index (χ2v) is 10.5. The number of anilines is 1. The van der Waals surface area contributed by atoms with Gasteiger partial charge in [0.05, 0.1) is 33.9 Å². The lowest BCUT2D eigenvalue weighted by molar-refractivity contribution is -0.141. The molecule has 3 amide bonds. The van der Waals surface area contributed by atoms with Crippen LogP contribution in [0.2, 0.25) is 0 Å². The molecule has 10 heteroatoms. The lowest BCUT2D eigenvalue weighted by atomic mass is 10.1. The van der Waals surface area contributed by atoms with Crippen molar-refractivity contribution < 1.29 is 32.3 Å². The van der Waals surface area contributed by atoms with Gasteiger partial charge in [0.25, 0.3) is 17.7 Å². The van der Waals surface area contributed by atoms with Crippen LogP contribution in [-0.4, -0.2) is 67.2 Å². The summed E-state index contributed by atoms with van der Waals surface area (Å²) in [6.45, 7) is 3.46. The van der Waals surface area contributed by atoms with E-state index in [1.165, 1.54) is 36.1 Å². The quantitative estimate of drug-likeness (QED) is 0.455. The Labute approximate surface area is 197 Å². The van der Waals surface area contributed by atoms with Crippen LogP contribution in [0, 0.1) is 0 Å². The summed E-state index contributed by atoms with van der Waals surface area (Å²) in [6.07, 6.45) is -0.788. The number of hydrogen-bond donors (Lipinski definition) is 0. The number of imide groups is 1. The van der Waals surface area contributed by atoms with Gasteiger partial charge in [-0.15, -0.1) is 0 Å². The van der Waals surface area contributed by atoms with Gasteiger partial charge < -0.3 is 9.64 Å². The Balaban J connectivity index is 1.48. The molecule has 2 aliphatic heterocycles. The molecule has 2 aromatic carbocycles. The first-order valence-electron chi connectivity index (χ1n) is 10.9. The van der Waals surface area contributed by atoms with Gasteiger partial charge in [0.2, 0.25) is 0 Å². The average Bonchev–Trinajstić information content (AvgIpc) is 3.30. The highest BCUT2D eigenvalue weighted by atomic mass is 32.2. The maximum Gasteiger partial charge on any atom is 0.338 e. The fraction of sp³-hybridized carbons (Fsp3) is 0.333. The van der Waals surface area contributed by atoms with Crippen LogP contribution in [0.25, 0.3) is 0 Å². The fourth-order valence-corrected chi connectivity index (χ4v) is 6.05. The first-order valence-corrected chi connectivity index (χ1v) is 12.7. The summed E-state index contributed by atoms with van der Waals surface area (Å²) in [5.74, 6) is -2.32. The Bertz CT molecular complexity index is 1250. The number of esters is 1. The predicted molar refractivity (Wildman–Crippen MR) is 123 cm³/mol. The second-order valence-electron chi connectivity index (χ2n) is 8.27. The van der Waals surface area contributed by atoms with Gasteiger partial charge in [-0.05, 0) is 50.6 Å². The number of fused-ring (bicyclic) bond motifs is 1. The highest BCUT2D eigenvalue weighted by Crippen LogP contribution is 2.29. The summed E-state index contributed by atoms with van der Waals surface area (Å²) in [5.41, 5.74) is 0.854. The van der Waals surface area contributed by atoms with Crippen LogP contribution < -0.4 is 4.90 Å². The molecule has 2 atom stereocenters. The molecule has 2 heterocycles. The molecule has 0 N–H and O–H groups in total. The standard InChI is InChI=1S/C24H24N2O7S/c1-3-25(18-11-12-34(31,32)14-18)21(27)15(2)33-24(30)16-7-6-8-17(13-16)26-22(28)19-9-4-5-10-20(19)23(26)29/h4-10,13,15,18H,3,11-12,14H2,1-2H3. The molecule has 178 valence electrons. The maximum absolute atomic E-state index is 12.9. The summed E-state index contributed by atoms with van der Waals surface area (Å²) in [5, 5.41) is 0. The topological polar surface area (TPSA) is 118 Å². The second kappa shape index (κ2) is 9.02. The first kappa shape index (κ1) is 23.6. The highest BCUT2D eigenvalue weighted by Gasteiger charge is 2.38. The lowest BCUT2D eigenvalue weighted by Crippen LogP contribution is -2.46. The van der Waals surface area contributed by atoms with E-state index in [1.807, 2.05) is 0 Å². The number of likely N-dealkylation sites (N-methyl/N-ethyl adjacent to an activating group) is 1. The normalized spacial score (nSPS) is 19.6. The van der Waals surface area contributed by atoms with Gasteiger partial charge in [0, 0.05) is 12.6 Å². The van der Waals surface area contributed by atoms with Crippen molar-refractivity contribution in [2.24, 2.45) is 0 Å². The van der Waals surface area contributed by atoms with E-state index in [9.17, 15) is 27.6 Å². The molecule has 0 bridgehead atoms. The summed E-state index contributed by atoms with van der Waals surface area (Å²) < 4.78 is 29.0. The van der Waals surface area contributed by atoms with Gasteiger partial charge >= 0.3 is 5.97 Å². The summed E-state index contributed by atoms with van der Waals surface area (Å²) in [7, 11) is -3.18. The van der Waals surface area contributed by atoms with Gasteiger partial charge in [0.1, 0.15) is 0 Å². The number of benzene rings is 2. The van der Waals surface area contributed by atoms with Crippen molar-refractivity contribution in [3.63, 3.8) is 0 Å². The third-order valence-electron chi connectivity index (χ3n) is 6.04. The Morgan fingerprint density at radius 2 is 1.74 bits per heavy atom. The predicted octanol–water partition coefficient (Wildman–Crippen LogP) is 2.07. The molecule has 1 fully saturated rings. The van der Waals surface area contributed by atoms with Crippen LogP contribution in [-0.2, 0) is 19.4 Å². The average molecular weight is 485 g/mol. The molecular weight excluding hydrogens is 460 g/mol. The number of amides is 3. The van der Waals surface area contributed by atoms with Crippen molar-refractivity contribution in [2.75, 3.05) is 23.0 Å². The number of carbonyl (C=O) groups is 4. The summed E-state index contributed by atoms with van der Waals surface area (Å²) >= 11 is 0. The minimum absolute atomic E-state index is 0.0280. The van der Waals surface area contributed by atoms with E-state index >= 15 is 0 Å². The first-order chi connectivity index (χ1) is 16.1. The van der Waals surface area contributed by atoms with Crippen molar-refractivity contribution in [1.29, 1.82) is 0 Å². The molecule has 34 heavy (non-hydrogen) atoms. The van der Waals surface area contributed by atoms with Crippen molar-refractivity contribution in [3.05, 3.63) is 65.2 Å². The highest BCUT2D eigenvalue weighted by molar-refractivity contribution is 7.91. The van der Waals surface area contributed by atoms with E-state index in [-0.39, 0.29) is 40.4 Å². The van der Waals surface area contributed by atoms with Gasteiger partial charge in [-0.1, -0.05) is 18.2 Å². The zero-order valence-electron chi connectivity index (χ0n) is 18.8. The Kier molecular flexibility index (Phi) is 6.26. The van der Waals surface area contributed by atoms with Crippen LogP contribution in [0.5, 0.6) is 0 Å². The third kappa shape index (κ3) is 4.33. The van der Waals surface area contributed by atoms with E-state index in [4.69, 9.17) is 4.74 Å². The zero-order valence-corrected chi connectivity index (χ0v) is 19.6. The van der Waals surface area contributed by atoms with Gasteiger partial charge in [0.15, 0.2) is 15.9 Å². The van der Waals surface area contributed by atoms with E-state index in [0.717, 1.165) is 4.90 Å². The fourth-order valence-electron chi connectivity index (χ4n) is 4.32. The monoisotopic (exact) mass is 484 g/mol. The minimum atomic E-state index is -3.18. The molecular formula is C24H24N2O7S. The number of nitrogens with zero attached hydrogens (tertiary/aromatic N) is 2. The third-order valence-corrected chi connectivity index (χ3v) is 7.79. The van der Waals surface area contributed by atoms with Crippen molar-refractivity contribution in [1.82, 2.24) is 4.90 Å². The molecule has 0 aliphatic carbocycles. The van der Waals surface area contributed by atoms with Gasteiger partial charge in [-0.3, -0.25) is 14.4 Å². The van der Waals surface area contributed by atoms with Crippen LogP contribution >= 0.6 is 0 Å². The molecule has 4 rings (SSSR count). The lowest BCUT2D eigenvalue weighted by Gasteiger charge is -2.29. The van der Waals surface area contributed by atoms with Gasteiger partial charge in [-0.2, -0.15) is 0 Å². The number of ether oxygens (including phenoxy) is 1. The SMILES string of the molecule is CCN(C(=O)C(C)OC(=O)c1cccc(N2C(=O)c3ccccc3C2=O)c1)C1CCS(=O)(=O)C1. The molecule has 0 saturated carbocycles. The smallest absolute Gasteiger partial charge is 0.338 e. The number of carbonyl (C=O) groups excluding carboxylic acids is 4. The molecule has 2 aliphatic rings. The Morgan fingerprint density at radius 3 is 2.29 bits per heavy atom. The zero-order chi connectivity index (χ0) is 24.6. The molecule has 2 unspecified atom stereocenters. The largest absolute Gasteiger partial charge is 0.449 e. The number of sulfone groups is 1. The van der Waals surface area contributed by atoms with E-state index < -0.39 is 45.7 Å². The van der Waals surface area contributed by atoms with Crippen LogP contribution in [0.3, 0.4) is 0 Å². The maximum atomic E-state index is 12.9. The molecule has 1 saturated heterocycles.